The Hall–Kier alpha value is -1.20. The second-order valence-corrected chi connectivity index (χ2v) is 3.31. The van der Waals surface area contributed by atoms with Crippen molar-refractivity contribution in [2.45, 2.75) is 25.8 Å². The number of carbonyl (C=O) groups excluding carboxylic acids is 2. The first-order valence-electron chi connectivity index (χ1n) is 4.39. The Morgan fingerprint density at radius 1 is 1.57 bits per heavy atom. The zero-order valence-electron chi connectivity index (χ0n) is 8.02. The first kappa shape index (κ1) is 10.9. The van der Waals surface area contributed by atoms with Crippen LogP contribution >= 0.6 is 0 Å². The second kappa shape index (κ2) is 4.34. The standard InChI is InChI=1S/C9H13NO4/c1-6(2)8(11)14-9(12)7-4-3-5-10(7)13/h7,13H,1,3-5H2,2H3/t7-/m0/s1. The van der Waals surface area contributed by atoms with Gasteiger partial charge >= 0.3 is 11.9 Å². The number of hydrogen-bond donors (Lipinski definition) is 1. The second-order valence-electron chi connectivity index (χ2n) is 3.31. The fourth-order valence-electron chi connectivity index (χ4n) is 1.24. The van der Waals surface area contributed by atoms with Gasteiger partial charge in [0.15, 0.2) is 0 Å². The van der Waals surface area contributed by atoms with Gasteiger partial charge in [0, 0.05) is 12.1 Å². The predicted octanol–water partition coefficient (Wildman–Crippen LogP) is 0.486. The van der Waals surface area contributed by atoms with E-state index in [1.165, 1.54) is 6.92 Å². The number of hydroxylamine groups is 2. The molecule has 0 unspecified atom stereocenters. The molecule has 1 heterocycles. The van der Waals surface area contributed by atoms with Crippen molar-refractivity contribution in [3.05, 3.63) is 12.2 Å². The van der Waals surface area contributed by atoms with Gasteiger partial charge in [-0.1, -0.05) is 6.58 Å². The summed E-state index contributed by atoms with van der Waals surface area (Å²) in [5.41, 5.74) is 0.167. The molecule has 5 nitrogen and oxygen atoms in total. The predicted molar refractivity (Wildman–Crippen MR) is 47.4 cm³/mol. The van der Waals surface area contributed by atoms with Crippen molar-refractivity contribution in [2.24, 2.45) is 0 Å². The summed E-state index contributed by atoms with van der Waals surface area (Å²) in [5, 5.41) is 10.1. The molecule has 0 aromatic heterocycles. The van der Waals surface area contributed by atoms with Crippen LogP contribution in [0.1, 0.15) is 19.8 Å². The summed E-state index contributed by atoms with van der Waals surface area (Å²) in [4.78, 5) is 22.3. The van der Waals surface area contributed by atoms with Gasteiger partial charge in [0.1, 0.15) is 6.04 Å². The van der Waals surface area contributed by atoms with Crippen LogP contribution in [-0.2, 0) is 14.3 Å². The summed E-state index contributed by atoms with van der Waals surface area (Å²) in [5.74, 6) is -1.45. The van der Waals surface area contributed by atoms with Crippen molar-refractivity contribution in [3.8, 4) is 0 Å². The van der Waals surface area contributed by atoms with E-state index >= 15 is 0 Å². The Labute approximate surface area is 81.9 Å². The summed E-state index contributed by atoms with van der Waals surface area (Å²) in [6.07, 6.45) is 1.23. The average Bonchev–Trinajstić information content (AvgIpc) is 2.51. The molecule has 1 rings (SSSR count). The number of carbonyl (C=O) groups is 2. The number of esters is 2. The van der Waals surface area contributed by atoms with Crippen molar-refractivity contribution in [1.29, 1.82) is 0 Å². The molecular weight excluding hydrogens is 186 g/mol. The third-order valence-electron chi connectivity index (χ3n) is 2.04. The van der Waals surface area contributed by atoms with Crippen molar-refractivity contribution in [2.75, 3.05) is 6.54 Å². The van der Waals surface area contributed by atoms with Crippen LogP contribution in [0.15, 0.2) is 12.2 Å². The monoisotopic (exact) mass is 199 g/mol. The molecule has 1 N–H and O–H groups in total. The van der Waals surface area contributed by atoms with E-state index in [1.807, 2.05) is 0 Å². The van der Waals surface area contributed by atoms with E-state index in [1.54, 1.807) is 0 Å². The van der Waals surface area contributed by atoms with Gasteiger partial charge in [0.25, 0.3) is 0 Å². The highest BCUT2D eigenvalue weighted by atomic mass is 16.6. The molecule has 0 spiro atoms. The van der Waals surface area contributed by atoms with Crippen molar-refractivity contribution >= 4 is 11.9 Å². The van der Waals surface area contributed by atoms with Crippen molar-refractivity contribution in [3.63, 3.8) is 0 Å². The zero-order chi connectivity index (χ0) is 10.7. The minimum Gasteiger partial charge on any atom is -0.388 e. The topological polar surface area (TPSA) is 66.8 Å². The number of nitrogens with zero attached hydrogens (tertiary/aromatic N) is 1. The Bertz CT molecular complexity index is 274. The highest BCUT2D eigenvalue weighted by Gasteiger charge is 2.32. The van der Waals surface area contributed by atoms with Gasteiger partial charge in [-0.2, -0.15) is 5.06 Å². The first-order valence-corrected chi connectivity index (χ1v) is 4.39. The lowest BCUT2D eigenvalue weighted by molar-refractivity contribution is -0.172. The fraction of sp³-hybridized carbons (Fsp3) is 0.556. The van der Waals surface area contributed by atoms with Gasteiger partial charge in [-0.25, -0.2) is 9.59 Å². The molecule has 0 amide bonds. The first-order chi connectivity index (χ1) is 6.52. The summed E-state index contributed by atoms with van der Waals surface area (Å²) in [6, 6.07) is -0.710. The lowest BCUT2D eigenvalue weighted by Crippen LogP contribution is -2.36. The molecule has 1 aliphatic heterocycles. The van der Waals surface area contributed by atoms with Crippen LogP contribution in [-0.4, -0.2) is 34.8 Å². The minimum absolute atomic E-state index is 0.167. The van der Waals surface area contributed by atoms with E-state index in [2.05, 4.69) is 11.3 Å². The maximum Gasteiger partial charge on any atom is 0.340 e. The van der Waals surface area contributed by atoms with Gasteiger partial charge in [0.05, 0.1) is 0 Å². The normalized spacial score (nSPS) is 22.0. The summed E-state index contributed by atoms with van der Waals surface area (Å²) in [6.45, 7) is 5.24. The van der Waals surface area contributed by atoms with Gasteiger partial charge in [-0.05, 0) is 19.8 Å². The average molecular weight is 199 g/mol. The minimum atomic E-state index is -0.740. The molecule has 0 aliphatic carbocycles. The molecule has 0 radical (unpaired) electrons. The SMILES string of the molecule is C=C(C)C(=O)OC(=O)[C@@H]1CCCN1O. The third kappa shape index (κ3) is 2.40. The molecule has 1 fully saturated rings. The fourth-order valence-corrected chi connectivity index (χ4v) is 1.24. The summed E-state index contributed by atoms with van der Waals surface area (Å²) >= 11 is 0. The molecule has 0 aromatic rings. The molecule has 5 heteroatoms. The van der Waals surface area contributed by atoms with Gasteiger partial charge in [-0.15, -0.1) is 0 Å². The highest BCUT2D eigenvalue weighted by Crippen LogP contribution is 2.16. The molecule has 1 saturated heterocycles. The maximum atomic E-state index is 11.3. The van der Waals surface area contributed by atoms with Crippen molar-refractivity contribution < 1.29 is 19.5 Å². The molecule has 78 valence electrons. The summed E-state index contributed by atoms with van der Waals surface area (Å²) in [7, 11) is 0. The van der Waals surface area contributed by atoms with E-state index in [0.29, 0.717) is 13.0 Å². The molecule has 1 aliphatic rings. The zero-order valence-corrected chi connectivity index (χ0v) is 8.02. The highest BCUT2D eigenvalue weighted by molar-refractivity contribution is 5.96. The van der Waals surface area contributed by atoms with Crippen LogP contribution in [0, 0.1) is 0 Å². The van der Waals surface area contributed by atoms with Crippen LogP contribution in [0.3, 0.4) is 0 Å². The summed E-state index contributed by atoms with van der Waals surface area (Å²) < 4.78 is 4.49. The van der Waals surface area contributed by atoms with E-state index < -0.39 is 18.0 Å². The van der Waals surface area contributed by atoms with Gasteiger partial charge in [-0.3, -0.25) is 0 Å². The molecular formula is C9H13NO4. The van der Waals surface area contributed by atoms with Gasteiger partial charge in [0.2, 0.25) is 0 Å². The smallest absolute Gasteiger partial charge is 0.340 e. The van der Waals surface area contributed by atoms with E-state index in [0.717, 1.165) is 11.5 Å². The van der Waals surface area contributed by atoms with Crippen LogP contribution < -0.4 is 0 Å². The Morgan fingerprint density at radius 3 is 2.64 bits per heavy atom. The van der Waals surface area contributed by atoms with Gasteiger partial charge < -0.3 is 9.94 Å². The Morgan fingerprint density at radius 2 is 2.21 bits per heavy atom. The number of ether oxygens (including phenoxy) is 1. The molecule has 0 bridgehead atoms. The lowest BCUT2D eigenvalue weighted by atomic mass is 10.2. The van der Waals surface area contributed by atoms with E-state index in [9.17, 15) is 14.8 Å². The van der Waals surface area contributed by atoms with Crippen LogP contribution in [0.4, 0.5) is 0 Å². The number of hydrogen-bond acceptors (Lipinski definition) is 5. The van der Waals surface area contributed by atoms with E-state index in [4.69, 9.17) is 0 Å². The van der Waals surface area contributed by atoms with Crippen LogP contribution in [0.25, 0.3) is 0 Å². The van der Waals surface area contributed by atoms with Crippen molar-refractivity contribution in [1.82, 2.24) is 5.06 Å². The molecule has 0 saturated carbocycles. The lowest BCUT2D eigenvalue weighted by Gasteiger charge is -2.14. The Balaban J connectivity index is 2.49. The largest absolute Gasteiger partial charge is 0.388 e. The molecule has 14 heavy (non-hydrogen) atoms. The number of rotatable bonds is 2. The Kier molecular flexibility index (Phi) is 3.38. The van der Waals surface area contributed by atoms with E-state index in [-0.39, 0.29) is 5.57 Å². The molecule has 1 atom stereocenters. The van der Waals surface area contributed by atoms with Crippen LogP contribution in [0.2, 0.25) is 0 Å². The molecule has 0 aromatic carbocycles. The maximum absolute atomic E-state index is 11.3. The third-order valence-corrected chi connectivity index (χ3v) is 2.04. The quantitative estimate of drug-likeness (QED) is 0.398. The van der Waals surface area contributed by atoms with Crippen LogP contribution in [0.5, 0.6) is 0 Å².